The van der Waals surface area contributed by atoms with Gasteiger partial charge in [0.25, 0.3) is 0 Å². The second-order valence-corrected chi connectivity index (χ2v) is 10.7. The normalized spacial score (nSPS) is 11.7. The Balaban J connectivity index is 1.43. The number of fused-ring (bicyclic) bond motifs is 7. The molecule has 43 heavy (non-hydrogen) atoms. The van der Waals surface area contributed by atoms with Crippen LogP contribution in [0.3, 0.4) is 0 Å². The number of para-hydroxylation sites is 2. The fourth-order valence-electron chi connectivity index (χ4n) is 6.27. The molecule has 0 saturated heterocycles. The second kappa shape index (κ2) is 9.29. The number of benzene rings is 5. The molecule has 202 valence electrons. The van der Waals surface area contributed by atoms with Gasteiger partial charge in [-0.2, -0.15) is 0 Å². The van der Waals surface area contributed by atoms with E-state index in [1.165, 1.54) is 0 Å². The van der Waals surface area contributed by atoms with Gasteiger partial charge in [-0.1, -0.05) is 78.9 Å². The van der Waals surface area contributed by atoms with Crippen LogP contribution in [0.15, 0.2) is 149 Å². The second-order valence-electron chi connectivity index (χ2n) is 10.7. The predicted octanol–water partition coefficient (Wildman–Crippen LogP) is 10.6. The van der Waals surface area contributed by atoms with E-state index in [0.29, 0.717) is 5.71 Å². The molecule has 5 heteroatoms. The van der Waals surface area contributed by atoms with Crippen molar-refractivity contribution in [1.82, 2.24) is 9.97 Å². The first-order chi connectivity index (χ1) is 21.3. The van der Waals surface area contributed by atoms with Crippen molar-refractivity contribution in [3.63, 3.8) is 0 Å². The maximum absolute atomic E-state index is 6.56. The molecule has 9 aromatic rings. The zero-order valence-corrected chi connectivity index (χ0v) is 22.9. The first-order valence-corrected chi connectivity index (χ1v) is 14.2. The molecule has 0 N–H and O–H groups in total. The van der Waals surface area contributed by atoms with E-state index >= 15 is 0 Å². The van der Waals surface area contributed by atoms with E-state index in [1.54, 1.807) is 18.6 Å². The third-order valence-electron chi connectivity index (χ3n) is 8.21. The smallest absolute Gasteiger partial charge is 0.227 e. The van der Waals surface area contributed by atoms with E-state index in [-0.39, 0.29) is 0 Å². The first kappa shape index (κ1) is 23.7. The van der Waals surface area contributed by atoms with Crippen LogP contribution in [0.2, 0.25) is 0 Å². The maximum Gasteiger partial charge on any atom is 0.227 e. The molecule has 4 heterocycles. The highest BCUT2D eigenvalue weighted by molar-refractivity contribution is 6.15. The van der Waals surface area contributed by atoms with Gasteiger partial charge in [-0.25, -0.2) is 4.98 Å². The molecule has 9 rings (SSSR count). The van der Waals surface area contributed by atoms with Crippen LogP contribution in [0, 0.1) is 0 Å². The lowest BCUT2D eigenvalue weighted by Gasteiger charge is -2.27. The van der Waals surface area contributed by atoms with Gasteiger partial charge in [0.2, 0.25) is 5.71 Å². The number of rotatable bonds is 4. The van der Waals surface area contributed by atoms with Gasteiger partial charge in [0, 0.05) is 39.3 Å². The lowest BCUT2D eigenvalue weighted by atomic mass is 9.98. The van der Waals surface area contributed by atoms with Crippen molar-refractivity contribution in [3.05, 3.63) is 140 Å². The zero-order chi connectivity index (χ0) is 28.3. The molecule has 4 aromatic heterocycles. The van der Waals surface area contributed by atoms with Crippen molar-refractivity contribution in [3.8, 4) is 11.1 Å². The maximum atomic E-state index is 6.56. The lowest BCUT2D eigenvalue weighted by Crippen LogP contribution is -2.11. The average molecular weight is 554 g/mol. The van der Waals surface area contributed by atoms with Crippen LogP contribution in [-0.4, -0.2) is 9.97 Å². The summed E-state index contributed by atoms with van der Waals surface area (Å²) < 4.78 is 13.1. The number of hydrogen-bond donors (Lipinski definition) is 0. The first-order valence-electron chi connectivity index (χ1n) is 14.2. The van der Waals surface area contributed by atoms with Crippen molar-refractivity contribution >= 4 is 71.8 Å². The van der Waals surface area contributed by atoms with Gasteiger partial charge in [-0.3, -0.25) is 4.98 Å². The minimum Gasteiger partial charge on any atom is -0.452 e. The molecule has 0 spiro atoms. The van der Waals surface area contributed by atoms with Crippen LogP contribution in [0.1, 0.15) is 0 Å². The van der Waals surface area contributed by atoms with Crippen molar-refractivity contribution in [2.45, 2.75) is 0 Å². The Hall–Kier alpha value is -5.94. The molecular weight excluding hydrogens is 530 g/mol. The summed E-state index contributed by atoms with van der Waals surface area (Å²) in [4.78, 5) is 11.1. The van der Waals surface area contributed by atoms with Gasteiger partial charge >= 0.3 is 0 Å². The Morgan fingerprint density at radius 2 is 1.21 bits per heavy atom. The fraction of sp³-hybridized carbons (Fsp3) is 0. The molecule has 0 unspecified atom stereocenters. The summed E-state index contributed by atoms with van der Waals surface area (Å²) in [7, 11) is 0. The lowest BCUT2D eigenvalue weighted by molar-refractivity contribution is 0.654. The Kier molecular flexibility index (Phi) is 5.13. The number of pyridine rings is 2. The summed E-state index contributed by atoms with van der Waals surface area (Å²) in [6.07, 6.45) is 5.35. The molecule has 0 aliphatic heterocycles. The molecule has 0 fully saturated rings. The molecular formula is C38H23N3O2. The predicted molar refractivity (Wildman–Crippen MR) is 174 cm³/mol. The minimum absolute atomic E-state index is 0.612. The summed E-state index contributed by atoms with van der Waals surface area (Å²) in [5, 5.41) is 6.31. The van der Waals surface area contributed by atoms with E-state index in [4.69, 9.17) is 8.83 Å². The molecule has 0 bridgehead atoms. The number of anilines is 3. The van der Waals surface area contributed by atoms with Crippen molar-refractivity contribution in [2.24, 2.45) is 0 Å². The van der Waals surface area contributed by atoms with Crippen LogP contribution in [0.4, 0.5) is 17.1 Å². The van der Waals surface area contributed by atoms with Crippen LogP contribution < -0.4 is 4.90 Å². The van der Waals surface area contributed by atoms with Gasteiger partial charge in [0.15, 0.2) is 16.7 Å². The topological polar surface area (TPSA) is 55.3 Å². The molecule has 0 aliphatic rings. The van der Waals surface area contributed by atoms with Crippen molar-refractivity contribution < 1.29 is 8.83 Å². The average Bonchev–Trinajstić information content (AvgIpc) is 3.65. The molecule has 5 aromatic carbocycles. The van der Waals surface area contributed by atoms with Crippen molar-refractivity contribution in [2.75, 3.05) is 4.90 Å². The number of aromatic nitrogens is 2. The van der Waals surface area contributed by atoms with Crippen LogP contribution in [-0.2, 0) is 0 Å². The van der Waals surface area contributed by atoms with Gasteiger partial charge in [0.05, 0.1) is 23.3 Å². The van der Waals surface area contributed by atoms with Crippen LogP contribution in [0.25, 0.3) is 65.9 Å². The van der Waals surface area contributed by atoms with Crippen LogP contribution in [0.5, 0.6) is 0 Å². The van der Waals surface area contributed by atoms with E-state index in [1.807, 2.05) is 18.2 Å². The molecule has 0 saturated carbocycles. The van der Waals surface area contributed by atoms with Crippen molar-refractivity contribution in [1.29, 1.82) is 0 Å². The van der Waals surface area contributed by atoms with E-state index in [2.05, 4.69) is 118 Å². The Labute approximate surface area is 246 Å². The van der Waals surface area contributed by atoms with Gasteiger partial charge in [-0.15, -0.1) is 0 Å². The number of hydrogen-bond acceptors (Lipinski definition) is 5. The Morgan fingerprint density at radius 1 is 0.488 bits per heavy atom. The van der Waals surface area contributed by atoms with E-state index in [0.717, 1.165) is 77.3 Å². The third kappa shape index (κ3) is 3.65. The number of nitrogens with zero attached hydrogens (tertiary/aromatic N) is 3. The quantitative estimate of drug-likeness (QED) is 0.217. The molecule has 0 aliphatic carbocycles. The monoisotopic (exact) mass is 553 g/mol. The third-order valence-corrected chi connectivity index (χ3v) is 8.21. The molecule has 0 atom stereocenters. The molecule has 0 radical (unpaired) electrons. The number of furan rings is 2. The highest BCUT2D eigenvalue weighted by Crippen LogP contribution is 2.48. The highest BCUT2D eigenvalue weighted by atomic mass is 16.3. The van der Waals surface area contributed by atoms with Gasteiger partial charge in [-0.05, 0) is 59.0 Å². The fourth-order valence-corrected chi connectivity index (χ4v) is 6.27. The Morgan fingerprint density at radius 3 is 2.07 bits per heavy atom. The summed E-state index contributed by atoms with van der Waals surface area (Å²) in [5.41, 5.74) is 8.00. The summed E-state index contributed by atoms with van der Waals surface area (Å²) in [5.74, 6) is 0. The molecule has 5 nitrogen and oxygen atoms in total. The summed E-state index contributed by atoms with van der Waals surface area (Å²) >= 11 is 0. The molecule has 0 amide bonds. The van der Waals surface area contributed by atoms with Crippen LogP contribution >= 0.6 is 0 Å². The summed E-state index contributed by atoms with van der Waals surface area (Å²) in [6, 6.07) is 42.1. The minimum atomic E-state index is 0.612. The zero-order valence-electron chi connectivity index (χ0n) is 22.9. The Bertz CT molecular complexity index is 2360. The standard InChI is InChI=1S/C38H23N3O2/c1-2-9-24(10-3-1)26-21-25-11-4-5-12-27(25)34(22-26)41(32-16-6-13-29-28-18-20-39-23-35(28)42-36(29)32)33-17-7-14-30-31-15-8-19-40-38(31)43-37(30)33/h1-23H. The van der Waals surface area contributed by atoms with Gasteiger partial charge < -0.3 is 13.7 Å². The SMILES string of the molecule is c1ccc(-c2cc(N(c3cccc4c3oc3cnccc34)c3cccc4c3oc3ncccc34)c3ccccc3c2)cc1. The highest BCUT2D eigenvalue weighted by Gasteiger charge is 2.25. The largest absolute Gasteiger partial charge is 0.452 e. The van der Waals surface area contributed by atoms with E-state index < -0.39 is 0 Å². The summed E-state index contributed by atoms with van der Waals surface area (Å²) in [6.45, 7) is 0. The van der Waals surface area contributed by atoms with Gasteiger partial charge in [0.1, 0.15) is 0 Å². The van der Waals surface area contributed by atoms with E-state index in [9.17, 15) is 0 Å².